The zero-order chi connectivity index (χ0) is 12.3. The van der Waals surface area contributed by atoms with Crippen LogP contribution in [0.25, 0.3) is 0 Å². The highest BCUT2D eigenvalue weighted by atomic mass is 32.2. The van der Waals surface area contributed by atoms with Crippen LogP contribution in [0.1, 0.15) is 10.4 Å². The number of methoxy groups -OCH3 is 1. The molecule has 5 heteroatoms. The fourth-order valence-corrected chi connectivity index (χ4v) is 3.16. The van der Waals surface area contributed by atoms with Gasteiger partial charge in [-0.2, -0.15) is 0 Å². The average molecular weight is 265 g/mol. The molecule has 0 amide bonds. The van der Waals surface area contributed by atoms with Gasteiger partial charge in [0.1, 0.15) is 0 Å². The van der Waals surface area contributed by atoms with Crippen LogP contribution in [0, 0.1) is 0 Å². The van der Waals surface area contributed by atoms with Gasteiger partial charge >= 0.3 is 5.97 Å². The molecule has 0 aliphatic heterocycles. The number of nitrogen functional groups attached to an aromatic ring is 1. The van der Waals surface area contributed by atoms with Crippen molar-refractivity contribution in [2.45, 2.75) is 9.10 Å². The van der Waals surface area contributed by atoms with E-state index in [1.807, 2.05) is 23.6 Å². The lowest BCUT2D eigenvalue weighted by Crippen LogP contribution is -2.04. The lowest BCUT2D eigenvalue weighted by Gasteiger charge is -2.07. The molecule has 0 spiro atoms. The third kappa shape index (κ3) is 2.81. The molecule has 3 nitrogen and oxygen atoms in total. The Hall–Kier alpha value is -1.46. The third-order valence-electron chi connectivity index (χ3n) is 2.11. The Kier molecular flexibility index (Phi) is 3.71. The van der Waals surface area contributed by atoms with Crippen LogP contribution >= 0.6 is 23.1 Å². The van der Waals surface area contributed by atoms with Crippen molar-refractivity contribution in [3.05, 3.63) is 41.3 Å². The summed E-state index contributed by atoms with van der Waals surface area (Å²) in [4.78, 5) is 12.5. The second kappa shape index (κ2) is 5.25. The van der Waals surface area contributed by atoms with E-state index in [1.54, 1.807) is 23.5 Å². The van der Waals surface area contributed by atoms with Crippen LogP contribution in [0.2, 0.25) is 0 Å². The van der Waals surface area contributed by atoms with E-state index >= 15 is 0 Å². The van der Waals surface area contributed by atoms with E-state index in [-0.39, 0.29) is 5.97 Å². The third-order valence-corrected chi connectivity index (χ3v) is 4.23. The summed E-state index contributed by atoms with van der Waals surface area (Å²) < 4.78 is 5.87. The number of carbonyl (C=O) groups is 1. The molecule has 1 aromatic carbocycles. The molecular formula is C12H11NO2S2. The van der Waals surface area contributed by atoms with E-state index in [9.17, 15) is 4.79 Å². The molecule has 88 valence electrons. The summed E-state index contributed by atoms with van der Waals surface area (Å²) in [6.07, 6.45) is 0. The molecule has 0 saturated carbocycles. The maximum absolute atomic E-state index is 11.6. The van der Waals surface area contributed by atoms with E-state index in [0.29, 0.717) is 11.3 Å². The van der Waals surface area contributed by atoms with E-state index in [2.05, 4.69) is 0 Å². The zero-order valence-corrected chi connectivity index (χ0v) is 10.8. The minimum Gasteiger partial charge on any atom is -0.465 e. The summed E-state index contributed by atoms with van der Waals surface area (Å²) in [5.74, 6) is -0.364. The smallest absolute Gasteiger partial charge is 0.339 e. The molecule has 0 aliphatic rings. The fraction of sp³-hybridized carbons (Fsp3) is 0.0833. The number of carbonyl (C=O) groups excluding carboxylic acids is 1. The number of ether oxygens (including phenoxy) is 1. The number of thiophene rings is 1. The Balaban J connectivity index is 2.35. The summed E-state index contributed by atoms with van der Waals surface area (Å²) in [5.41, 5.74) is 6.74. The van der Waals surface area contributed by atoms with Crippen LogP contribution in [0.15, 0.2) is 44.8 Å². The van der Waals surface area contributed by atoms with Crippen molar-refractivity contribution in [3.63, 3.8) is 0 Å². The van der Waals surface area contributed by atoms with Gasteiger partial charge in [0.2, 0.25) is 0 Å². The van der Waals surface area contributed by atoms with Gasteiger partial charge in [-0.15, -0.1) is 11.3 Å². The van der Waals surface area contributed by atoms with Gasteiger partial charge in [-0.05, 0) is 29.6 Å². The molecule has 2 N–H and O–H groups in total. The molecule has 2 aromatic rings. The molecule has 0 unspecified atom stereocenters. The molecule has 0 atom stereocenters. The van der Waals surface area contributed by atoms with E-state index in [1.165, 1.54) is 18.9 Å². The van der Waals surface area contributed by atoms with E-state index in [0.717, 1.165) is 9.10 Å². The predicted molar refractivity (Wildman–Crippen MR) is 70.6 cm³/mol. The second-order valence-electron chi connectivity index (χ2n) is 3.28. The Morgan fingerprint density at radius 2 is 2.24 bits per heavy atom. The normalized spacial score (nSPS) is 10.2. The molecule has 0 fully saturated rings. The highest BCUT2D eigenvalue weighted by Crippen LogP contribution is 2.34. The standard InChI is InChI=1S/C12H11NO2S2/c1-15-12(14)9-7-8(13)4-5-10(9)17-11-3-2-6-16-11/h2-7H,13H2,1H3. The number of rotatable bonds is 3. The average Bonchev–Trinajstić information content (AvgIpc) is 2.83. The van der Waals surface area contributed by atoms with Gasteiger partial charge in [-0.25, -0.2) is 4.79 Å². The zero-order valence-electron chi connectivity index (χ0n) is 9.17. The van der Waals surface area contributed by atoms with Crippen molar-refractivity contribution in [2.24, 2.45) is 0 Å². The van der Waals surface area contributed by atoms with Gasteiger partial charge < -0.3 is 10.5 Å². The summed E-state index contributed by atoms with van der Waals surface area (Å²) >= 11 is 3.16. The minimum absolute atomic E-state index is 0.364. The van der Waals surface area contributed by atoms with Crippen molar-refractivity contribution < 1.29 is 9.53 Å². The van der Waals surface area contributed by atoms with Crippen LogP contribution in [-0.4, -0.2) is 13.1 Å². The molecule has 1 heterocycles. The minimum atomic E-state index is -0.364. The highest BCUT2D eigenvalue weighted by Gasteiger charge is 2.13. The number of hydrogen-bond acceptors (Lipinski definition) is 5. The van der Waals surface area contributed by atoms with Crippen molar-refractivity contribution in [1.29, 1.82) is 0 Å². The molecule has 0 radical (unpaired) electrons. The van der Waals surface area contributed by atoms with Crippen LogP contribution in [0.5, 0.6) is 0 Å². The Morgan fingerprint density at radius 3 is 2.88 bits per heavy atom. The van der Waals surface area contributed by atoms with Crippen LogP contribution in [0.3, 0.4) is 0 Å². The molecule has 17 heavy (non-hydrogen) atoms. The fourth-order valence-electron chi connectivity index (χ4n) is 1.34. The van der Waals surface area contributed by atoms with Crippen LogP contribution in [-0.2, 0) is 4.74 Å². The molecule has 2 rings (SSSR count). The first kappa shape index (κ1) is 12.0. The SMILES string of the molecule is COC(=O)c1cc(N)ccc1Sc1cccs1. The van der Waals surface area contributed by atoms with Crippen molar-refractivity contribution in [2.75, 3.05) is 12.8 Å². The summed E-state index contributed by atoms with van der Waals surface area (Å²) in [7, 11) is 1.37. The molecule has 0 aliphatic carbocycles. The first-order chi connectivity index (χ1) is 8.20. The van der Waals surface area contributed by atoms with Crippen molar-refractivity contribution >= 4 is 34.8 Å². The van der Waals surface area contributed by atoms with E-state index < -0.39 is 0 Å². The van der Waals surface area contributed by atoms with Gasteiger partial charge in [-0.3, -0.25) is 0 Å². The number of esters is 1. The molecule has 0 bridgehead atoms. The molecular weight excluding hydrogens is 254 g/mol. The summed E-state index contributed by atoms with van der Waals surface area (Å²) in [5, 5.41) is 2.00. The van der Waals surface area contributed by atoms with Crippen molar-refractivity contribution in [3.8, 4) is 0 Å². The molecule has 1 aromatic heterocycles. The van der Waals surface area contributed by atoms with Gasteiger partial charge in [0.15, 0.2) is 0 Å². The monoisotopic (exact) mass is 265 g/mol. The summed E-state index contributed by atoms with van der Waals surface area (Å²) in [6, 6.07) is 9.24. The van der Waals surface area contributed by atoms with Crippen LogP contribution < -0.4 is 5.73 Å². The van der Waals surface area contributed by atoms with Gasteiger partial charge in [0, 0.05) is 10.6 Å². The topological polar surface area (TPSA) is 52.3 Å². The number of anilines is 1. The largest absolute Gasteiger partial charge is 0.465 e. The van der Waals surface area contributed by atoms with Gasteiger partial charge in [0.25, 0.3) is 0 Å². The van der Waals surface area contributed by atoms with Crippen molar-refractivity contribution in [1.82, 2.24) is 0 Å². The lowest BCUT2D eigenvalue weighted by atomic mass is 10.2. The first-order valence-corrected chi connectivity index (χ1v) is 6.59. The lowest BCUT2D eigenvalue weighted by molar-refractivity contribution is 0.0597. The van der Waals surface area contributed by atoms with Gasteiger partial charge in [-0.1, -0.05) is 17.8 Å². The summed E-state index contributed by atoms with van der Waals surface area (Å²) in [6.45, 7) is 0. The first-order valence-electron chi connectivity index (χ1n) is 4.90. The number of hydrogen-bond donors (Lipinski definition) is 1. The number of benzene rings is 1. The maximum atomic E-state index is 11.6. The Labute approximate surface area is 108 Å². The second-order valence-corrected chi connectivity index (χ2v) is 5.57. The predicted octanol–water partition coefficient (Wildman–Crippen LogP) is 3.27. The Morgan fingerprint density at radius 1 is 1.41 bits per heavy atom. The van der Waals surface area contributed by atoms with Crippen LogP contribution in [0.4, 0.5) is 5.69 Å². The molecule has 0 saturated heterocycles. The quantitative estimate of drug-likeness (QED) is 0.683. The maximum Gasteiger partial charge on any atom is 0.339 e. The van der Waals surface area contributed by atoms with E-state index in [4.69, 9.17) is 10.5 Å². The number of nitrogens with two attached hydrogens (primary N) is 1. The van der Waals surface area contributed by atoms with Gasteiger partial charge in [0.05, 0.1) is 16.9 Å². The Bertz CT molecular complexity index is 523. The highest BCUT2D eigenvalue weighted by molar-refractivity contribution is 8.01.